The lowest BCUT2D eigenvalue weighted by Crippen LogP contribution is -2.44. The standard InChI is InChI=1S/C22H28N2O2/c1-3-16-14-20(23-19-9-5-4-8-18(16)19)15(2)24(17-11-12-17)22(25)21-10-6-7-13-26-21/h4-5,8-9,14-15,17,21H,3,6-7,10-13H2,1-2H3/t15-,21-/m1/s1. The van der Waals surface area contributed by atoms with Crippen molar-refractivity contribution in [2.75, 3.05) is 6.61 Å². The molecule has 0 unspecified atom stereocenters. The van der Waals surface area contributed by atoms with Gasteiger partial charge < -0.3 is 9.64 Å². The SMILES string of the molecule is CCc1cc([C@@H](C)N(C(=O)[C@H]2CCCCO2)C2CC2)nc2ccccc12. The van der Waals surface area contributed by atoms with E-state index in [1.807, 2.05) is 6.07 Å². The molecule has 4 nitrogen and oxygen atoms in total. The normalized spacial score (nSPS) is 21.5. The maximum atomic E-state index is 13.2. The van der Waals surface area contributed by atoms with Crippen LogP contribution >= 0.6 is 0 Å². The molecule has 1 amide bonds. The van der Waals surface area contributed by atoms with E-state index in [9.17, 15) is 4.79 Å². The summed E-state index contributed by atoms with van der Waals surface area (Å²) in [6.07, 6.45) is 5.88. The van der Waals surface area contributed by atoms with Crippen molar-refractivity contribution in [3.8, 4) is 0 Å². The quantitative estimate of drug-likeness (QED) is 0.800. The average molecular weight is 352 g/mol. The molecule has 0 bridgehead atoms. The number of nitrogens with zero attached hydrogens (tertiary/aromatic N) is 2. The molecule has 0 N–H and O–H groups in total. The van der Waals surface area contributed by atoms with Crippen molar-refractivity contribution in [1.29, 1.82) is 0 Å². The molecule has 2 atom stereocenters. The lowest BCUT2D eigenvalue weighted by molar-refractivity contribution is -0.149. The molecule has 2 heterocycles. The molecule has 0 spiro atoms. The topological polar surface area (TPSA) is 42.4 Å². The monoisotopic (exact) mass is 352 g/mol. The molecule has 1 saturated heterocycles. The molecule has 1 saturated carbocycles. The van der Waals surface area contributed by atoms with E-state index < -0.39 is 0 Å². The third-order valence-corrected chi connectivity index (χ3v) is 5.70. The van der Waals surface area contributed by atoms with Gasteiger partial charge in [0.05, 0.1) is 17.3 Å². The fourth-order valence-corrected chi connectivity index (χ4v) is 4.06. The minimum Gasteiger partial charge on any atom is -0.368 e. The second kappa shape index (κ2) is 7.36. The van der Waals surface area contributed by atoms with Crippen molar-refractivity contribution in [3.63, 3.8) is 0 Å². The van der Waals surface area contributed by atoms with Crippen molar-refractivity contribution in [1.82, 2.24) is 9.88 Å². The van der Waals surface area contributed by atoms with Crippen molar-refractivity contribution in [2.24, 2.45) is 0 Å². The average Bonchev–Trinajstić information content (AvgIpc) is 3.52. The Morgan fingerprint density at radius 1 is 1.27 bits per heavy atom. The Balaban J connectivity index is 1.66. The maximum Gasteiger partial charge on any atom is 0.252 e. The van der Waals surface area contributed by atoms with Gasteiger partial charge >= 0.3 is 0 Å². The summed E-state index contributed by atoms with van der Waals surface area (Å²) in [5.41, 5.74) is 3.32. The lowest BCUT2D eigenvalue weighted by atomic mass is 10.0. The highest BCUT2D eigenvalue weighted by Crippen LogP contribution is 2.36. The highest BCUT2D eigenvalue weighted by Gasteiger charge is 2.40. The molecule has 2 fully saturated rings. The van der Waals surface area contributed by atoms with Crippen molar-refractivity contribution >= 4 is 16.8 Å². The third-order valence-electron chi connectivity index (χ3n) is 5.70. The van der Waals surface area contributed by atoms with Gasteiger partial charge in [-0.1, -0.05) is 25.1 Å². The molecule has 1 aromatic heterocycles. The molecule has 138 valence electrons. The molecule has 2 aromatic rings. The number of ether oxygens (including phenoxy) is 1. The smallest absolute Gasteiger partial charge is 0.252 e. The Labute approximate surface area is 155 Å². The predicted molar refractivity (Wildman–Crippen MR) is 103 cm³/mol. The third kappa shape index (κ3) is 3.35. The number of fused-ring (bicyclic) bond motifs is 1. The molecular formula is C22H28N2O2. The van der Waals surface area contributed by atoms with Crippen LogP contribution < -0.4 is 0 Å². The number of pyridine rings is 1. The van der Waals surface area contributed by atoms with Crippen LogP contribution in [-0.4, -0.2) is 34.5 Å². The number of hydrogen-bond acceptors (Lipinski definition) is 3. The summed E-state index contributed by atoms with van der Waals surface area (Å²) in [5, 5.41) is 1.21. The zero-order valence-corrected chi connectivity index (χ0v) is 15.8. The molecule has 2 aliphatic rings. The zero-order valence-electron chi connectivity index (χ0n) is 15.8. The first kappa shape index (κ1) is 17.5. The minimum atomic E-state index is -0.266. The van der Waals surface area contributed by atoms with Gasteiger partial charge in [0, 0.05) is 18.0 Å². The van der Waals surface area contributed by atoms with E-state index in [4.69, 9.17) is 9.72 Å². The Hall–Kier alpha value is -1.94. The van der Waals surface area contributed by atoms with Crippen LogP contribution in [0.15, 0.2) is 30.3 Å². The minimum absolute atomic E-state index is 0.0181. The van der Waals surface area contributed by atoms with Gasteiger partial charge in [-0.3, -0.25) is 9.78 Å². The van der Waals surface area contributed by atoms with Gasteiger partial charge in [-0.05, 0) is 63.1 Å². The van der Waals surface area contributed by atoms with E-state index in [0.29, 0.717) is 12.6 Å². The zero-order chi connectivity index (χ0) is 18.1. The first-order chi connectivity index (χ1) is 12.7. The second-order valence-electron chi connectivity index (χ2n) is 7.58. The van der Waals surface area contributed by atoms with Crippen LogP contribution in [0.4, 0.5) is 0 Å². The van der Waals surface area contributed by atoms with Crippen LogP contribution in [0.1, 0.15) is 63.3 Å². The molecule has 0 radical (unpaired) electrons. The van der Waals surface area contributed by atoms with E-state index in [2.05, 4.69) is 43.0 Å². The number of rotatable bonds is 5. The summed E-state index contributed by atoms with van der Waals surface area (Å²) in [5.74, 6) is 0.160. The van der Waals surface area contributed by atoms with Gasteiger partial charge in [0.2, 0.25) is 0 Å². The number of hydrogen-bond donors (Lipinski definition) is 0. The number of aryl methyl sites for hydroxylation is 1. The molecule has 26 heavy (non-hydrogen) atoms. The maximum absolute atomic E-state index is 13.2. The summed E-state index contributed by atoms with van der Waals surface area (Å²) in [6, 6.07) is 10.8. The lowest BCUT2D eigenvalue weighted by Gasteiger charge is -2.34. The molecule has 1 aliphatic heterocycles. The van der Waals surface area contributed by atoms with Crippen LogP contribution in [0, 0.1) is 0 Å². The van der Waals surface area contributed by atoms with Crippen molar-refractivity contribution < 1.29 is 9.53 Å². The molecule has 4 heteroatoms. The Morgan fingerprint density at radius 2 is 2.08 bits per heavy atom. The second-order valence-corrected chi connectivity index (χ2v) is 7.58. The van der Waals surface area contributed by atoms with Crippen LogP contribution in [-0.2, 0) is 16.0 Å². The number of benzene rings is 1. The van der Waals surface area contributed by atoms with Crippen LogP contribution in [0.3, 0.4) is 0 Å². The van der Waals surface area contributed by atoms with Gasteiger partial charge in [0.15, 0.2) is 0 Å². The van der Waals surface area contributed by atoms with Crippen LogP contribution in [0.5, 0.6) is 0 Å². The number of aromatic nitrogens is 1. The van der Waals surface area contributed by atoms with E-state index >= 15 is 0 Å². The largest absolute Gasteiger partial charge is 0.368 e. The van der Waals surface area contributed by atoms with Crippen LogP contribution in [0.2, 0.25) is 0 Å². The fraction of sp³-hybridized carbons (Fsp3) is 0.545. The fourth-order valence-electron chi connectivity index (χ4n) is 4.06. The molecular weight excluding hydrogens is 324 g/mol. The predicted octanol–water partition coefficient (Wildman–Crippen LogP) is 4.42. The Bertz CT molecular complexity index is 794. The van der Waals surface area contributed by atoms with Gasteiger partial charge in [0.1, 0.15) is 6.10 Å². The Kier molecular flexibility index (Phi) is 4.94. The van der Waals surface area contributed by atoms with Gasteiger partial charge in [-0.15, -0.1) is 0 Å². The molecule has 1 aromatic carbocycles. The molecule has 1 aliphatic carbocycles. The first-order valence-electron chi connectivity index (χ1n) is 10.0. The summed E-state index contributed by atoms with van der Waals surface area (Å²) in [7, 11) is 0. The van der Waals surface area contributed by atoms with E-state index in [-0.39, 0.29) is 18.1 Å². The summed E-state index contributed by atoms with van der Waals surface area (Å²) in [4.78, 5) is 20.2. The van der Waals surface area contributed by atoms with Crippen molar-refractivity contribution in [3.05, 3.63) is 41.6 Å². The number of carbonyl (C=O) groups is 1. The number of amides is 1. The van der Waals surface area contributed by atoms with Gasteiger partial charge in [-0.2, -0.15) is 0 Å². The summed E-state index contributed by atoms with van der Waals surface area (Å²) in [6.45, 7) is 5.00. The number of carbonyl (C=O) groups excluding carboxylic acids is 1. The van der Waals surface area contributed by atoms with E-state index in [1.54, 1.807) is 0 Å². The van der Waals surface area contributed by atoms with Crippen LogP contribution in [0.25, 0.3) is 10.9 Å². The molecule has 4 rings (SSSR count). The van der Waals surface area contributed by atoms with Crippen molar-refractivity contribution in [2.45, 2.75) is 70.6 Å². The van der Waals surface area contributed by atoms with Gasteiger partial charge in [0.25, 0.3) is 5.91 Å². The highest BCUT2D eigenvalue weighted by atomic mass is 16.5. The highest BCUT2D eigenvalue weighted by molar-refractivity contribution is 5.84. The Morgan fingerprint density at radius 3 is 2.77 bits per heavy atom. The van der Waals surface area contributed by atoms with E-state index in [0.717, 1.165) is 49.7 Å². The van der Waals surface area contributed by atoms with E-state index in [1.165, 1.54) is 10.9 Å². The summed E-state index contributed by atoms with van der Waals surface area (Å²) >= 11 is 0. The number of para-hydroxylation sites is 1. The first-order valence-corrected chi connectivity index (χ1v) is 10.0. The van der Waals surface area contributed by atoms with Gasteiger partial charge in [-0.25, -0.2) is 0 Å². The summed E-state index contributed by atoms with van der Waals surface area (Å²) < 4.78 is 5.79.